The first-order valence-corrected chi connectivity index (χ1v) is 7.44. The molecule has 2 N–H and O–H groups in total. The van der Waals surface area contributed by atoms with Crippen molar-refractivity contribution in [1.29, 1.82) is 0 Å². The fourth-order valence-corrected chi connectivity index (χ4v) is 2.59. The minimum Gasteiger partial charge on any atom is -0.494 e. The van der Waals surface area contributed by atoms with Crippen molar-refractivity contribution in [2.75, 3.05) is 19.8 Å². The summed E-state index contributed by atoms with van der Waals surface area (Å²) in [6, 6.07) is 5.89. The van der Waals surface area contributed by atoms with Gasteiger partial charge in [0.2, 0.25) is 0 Å². The summed E-state index contributed by atoms with van der Waals surface area (Å²) in [5.74, 6) is 0.580. The van der Waals surface area contributed by atoms with Crippen LogP contribution in [0, 0.1) is 0 Å². The van der Waals surface area contributed by atoms with Crippen LogP contribution in [0.25, 0.3) is 0 Å². The highest BCUT2D eigenvalue weighted by molar-refractivity contribution is 5.69. The molecule has 0 saturated carbocycles. The summed E-state index contributed by atoms with van der Waals surface area (Å²) in [6.07, 6.45) is 0.846. The van der Waals surface area contributed by atoms with Gasteiger partial charge in [0.15, 0.2) is 0 Å². The number of ether oxygens (including phenoxy) is 3. The van der Waals surface area contributed by atoms with Crippen molar-refractivity contribution < 1.29 is 19.0 Å². The van der Waals surface area contributed by atoms with E-state index >= 15 is 0 Å². The molecule has 0 heterocycles. The summed E-state index contributed by atoms with van der Waals surface area (Å²) in [5, 5.41) is 0. The molecule has 0 aromatic heterocycles. The first kappa shape index (κ1) is 15.8. The maximum atomic E-state index is 11.3. The zero-order chi connectivity index (χ0) is 15.2. The van der Waals surface area contributed by atoms with Crippen molar-refractivity contribution in [1.82, 2.24) is 0 Å². The van der Waals surface area contributed by atoms with Gasteiger partial charge < -0.3 is 19.9 Å². The molecule has 1 aliphatic rings. The minimum absolute atomic E-state index is 0.0842. The van der Waals surface area contributed by atoms with Crippen molar-refractivity contribution in [3.8, 4) is 5.75 Å². The Balaban J connectivity index is 1.98. The van der Waals surface area contributed by atoms with Crippen LogP contribution in [0.3, 0.4) is 0 Å². The fourth-order valence-electron chi connectivity index (χ4n) is 2.59. The third kappa shape index (κ3) is 3.95. The molecule has 0 fully saturated rings. The number of carbonyl (C=O) groups excluding carboxylic acids is 1. The molecule has 2 rings (SSSR count). The van der Waals surface area contributed by atoms with Gasteiger partial charge in [-0.25, -0.2) is 0 Å². The largest absolute Gasteiger partial charge is 0.494 e. The molecule has 2 atom stereocenters. The number of rotatable bonds is 7. The second-order valence-electron chi connectivity index (χ2n) is 5.01. The number of benzene rings is 1. The average molecular weight is 293 g/mol. The number of esters is 1. The van der Waals surface area contributed by atoms with E-state index in [1.165, 1.54) is 5.56 Å². The van der Waals surface area contributed by atoms with Gasteiger partial charge in [-0.15, -0.1) is 0 Å². The number of hydrogen-bond acceptors (Lipinski definition) is 5. The molecular formula is C16H23NO4. The number of carbonyl (C=O) groups is 1. The molecule has 5 nitrogen and oxygen atoms in total. The Labute approximate surface area is 125 Å². The van der Waals surface area contributed by atoms with E-state index in [1.54, 1.807) is 6.92 Å². The predicted octanol–water partition coefficient (Wildman–Crippen LogP) is 1.98. The van der Waals surface area contributed by atoms with E-state index in [0.717, 1.165) is 17.7 Å². The number of nitrogens with two attached hydrogens (primary N) is 1. The Morgan fingerprint density at radius 1 is 1.33 bits per heavy atom. The van der Waals surface area contributed by atoms with Crippen LogP contribution < -0.4 is 10.5 Å². The second-order valence-corrected chi connectivity index (χ2v) is 5.01. The van der Waals surface area contributed by atoms with Crippen LogP contribution in [0.5, 0.6) is 5.75 Å². The van der Waals surface area contributed by atoms with Gasteiger partial charge in [0.25, 0.3) is 0 Å². The van der Waals surface area contributed by atoms with Gasteiger partial charge >= 0.3 is 5.97 Å². The van der Waals surface area contributed by atoms with Gasteiger partial charge in [-0.1, -0.05) is 6.07 Å². The van der Waals surface area contributed by atoms with Gasteiger partial charge in [-0.3, -0.25) is 4.79 Å². The molecule has 2 unspecified atom stereocenters. The lowest BCUT2D eigenvalue weighted by Gasteiger charge is -2.18. The minimum atomic E-state index is -0.243. The monoisotopic (exact) mass is 293 g/mol. The van der Waals surface area contributed by atoms with Crippen LogP contribution in [0.15, 0.2) is 18.2 Å². The van der Waals surface area contributed by atoms with E-state index in [1.807, 2.05) is 25.1 Å². The Kier molecular flexibility index (Phi) is 5.59. The normalized spacial score (nSPS) is 20.1. The Hall–Kier alpha value is -1.59. The van der Waals surface area contributed by atoms with Crippen LogP contribution in [-0.2, 0) is 20.7 Å². The number of hydrogen-bond donors (Lipinski definition) is 1. The molecule has 5 heteroatoms. The average Bonchev–Trinajstić information content (AvgIpc) is 2.76. The Morgan fingerprint density at radius 2 is 2.14 bits per heavy atom. The molecule has 1 aliphatic carbocycles. The molecule has 21 heavy (non-hydrogen) atoms. The Bertz CT molecular complexity index is 489. The molecule has 0 radical (unpaired) electrons. The lowest BCUT2D eigenvalue weighted by atomic mass is 10.1. The highest BCUT2D eigenvalue weighted by Crippen LogP contribution is 2.35. The van der Waals surface area contributed by atoms with Gasteiger partial charge in [0.1, 0.15) is 5.75 Å². The van der Waals surface area contributed by atoms with E-state index in [9.17, 15) is 4.79 Å². The molecule has 0 spiro atoms. The maximum Gasteiger partial charge on any atom is 0.308 e. The zero-order valence-electron chi connectivity index (χ0n) is 12.6. The molecule has 1 aromatic rings. The van der Waals surface area contributed by atoms with Crippen molar-refractivity contribution in [3.63, 3.8) is 0 Å². The molecule has 116 valence electrons. The first-order chi connectivity index (χ1) is 10.2. The molecule has 0 saturated heterocycles. The van der Waals surface area contributed by atoms with E-state index in [-0.39, 0.29) is 24.5 Å². The molecular weight excluding hydrogens is 270 g/mol. The zero-order valence-corrected chi connectivity index (χ0v) is 12.6. The van der Waals surface area contributed by atoms with Crippen molar-refractivity contribution >= 4 is 5.97 Å². The van der Waals surface area contributed by atoms with Crippen molar-refractivity contribution in [3.05, 3.63) is 29.3 Å². The SMILES string of the molecule is CCOC(=O)CCOC1c2cc(OCC)ccc2CC1N. The van der Waals surface area contributed by atoms with E-state index in [4.69, 9.17) is 19.9 Å². The summed E-state index contributed by atoms with van der Waals surface area (Å²) >= 11 is 0. The van der Waals surface area contributed by atoms with Crippen LogP contribution in [-0.4, -0.2) is 31.8 Å². The van der Waals surface area contributed by atoms with E-state index < -0.39 is 0 Å². The highest BCUT2D eigenvalue weighted by Gasteiger charge is 2.31. The summed E-state index contributed by atoms with van der Waals surface area (Å²) in [6.45, 7) is 5.07. The van der Waals surface area contributed by atoms with Gasteiger partial charge in [-0.2, -0.15) is 0 Å². The van der Waals surface area contributed by atoms with Gasteiger partial charge in [-0.05, 0) is 43.5 Å². The summed E-state index contributed by atoms with van der Waals surface area (Å²) < 4.78 is 16.2. The third-order valence-electron chi connectivity index (χ3n) is 3.49. The third-order valence-corrected chi connectivity index (χ3v) is 3.49. The maximum absolute atomic E-state index is 11.3. The fraction of sp³-hybridized carbons (Fsp3) is 0.562. The van der Waals surface area contributed by atoms with Gasteiger partial charge in [0, 0.05) is 6.04 Å². The second kappa shape index (κ2) is 7.43. The van der Waals surface area contributed by atoms with Crippen molar-refractivity contribution in [2.45, 2.75) is 38.8 Å². The quantitative estimate of drug-likeness (QED) is 0.778. The lowest BCUT2D eigenvalue weighted by Crippen LogP contribution is -2.27. The molecule has 0 amide bonds. The first-order valence-electron chi connectivity index (χ1n) is 7.44. The Morgan fingerprint density at radius 3 is 2.86 bits per heavy atom. The van der Waals surface area contributed by atoms with Crippen LogP contribution in [0.1, 0.15) is 37.5 Å². The summed E-state index contributed by atoms with van der Waals surface area (Å²) in [4.78, 5) is 11.3. The lowest BCUT2D eigenvalue weighted by molar-refractivity contribution is -0.144. The number of fused-ring (bicyclic) bond motifs is 1. The highest BCUT2D eigenvalue weighted by atomic mass is 16.5. The topological polar surface area (TPSA) is 70.8 Å². The van der Waals surface area contributed by atoms with E-state index in [2.05, 4.69) is 0 Å². The summed E-state index contributed by atoms with van der Waals surface area (Å²) in [5.41, 5.74) is 8.40. The van der Waals surface area contributed by atoms with Crippen molar-refractivity contribution in [2.24, 2.45) is 5.73 Å². The van der Waals surface area contributed by atoms with Crippen LogP contribution in [0.2, 0.25) is 0 Å². The predicted molar refractivity (Wildman–Crippen MR) is 79.2 cm³/mol. The molecule has 0 bridgehead atoms. The smallest absolute Gasteiger partial charge is 0.308 e. The molecule has 0 aliphatic heterocycles. The standard InChI is InChI=1S/C16H23NO4/c1-3-19-12-6-5-11-9-14(17)16(13(11)10-12)21-8-7-15(18)20-4-2/h5-6,10,14,16H,3-4,7-9,17H2,1-2H3. The van der Waals surface area contributed by atoms with Gasteiger partial charge in [0.05, 0.1) is 32.3 Å². The van der Waals surface area contributed by atoms with Crippen LogP contribution in [0.4, 0.5) is 0 Å². The summed E-state index contributed by atoms with van der Waals surface area (Å²) in [7, 11) is 0. The van der Waals surface area contributed by atoms with Crippen LogP contribution >= 0.6 is 0 Å². The van der Waals surface area contributed by atoms with E-state index in [0.29, 0.717) is 19.8 Å². The molecule has 1 aromatic carbocycles.